The van der Waals surface area contributed by atoms with Crippen molar-refractivity contribution in [3.63, 3.8) is 0 Å². The van der Waals surface area contributed by atoms with Crippen LogP contribution in [0.2, 0.25) is 0 Å². The Bertz CT molecular complexity index is 282. The first kappa shape index (κ1) is 20.4. The lowest BCUT2D eigenvalue weighted by atomic mass is 9.94. The molecule has 0 spiro atoms. The molecule has 2 atom stereocenters. The predicted molar refractivity (Wildman–Crippen MR) is 89.2 cm³/mol. The molecule has 0 aliphatic carbocycles. The highest BCUT2D eigenvalue weighted by molar-refractivity contribution is 5.84. The normalized spacial score (nSPS) is 15.9. The molecule has 0 fully saturated rings. The van der Waals surface area contributed by atoms with Gasteiger partial charge >= 0.3 is 0 Å². The van der Waals surface area contributed by atoms with Gasteiger partial charge in [0.05, 0.1) is 5.54 Å². The molecule has 0 rings (SSSR count). The first-order valence-electron chi connectivity index (χ1n) is 8.51. The summed E-state index contributed by atoms with van der Waals surface area (Å²) in [5.41, 5.74) is 4.88. The summed E-state index contributed by atoms with van der Waals surface area (Å²) in [5.74, 6) is 0.381. The Morgan fingerprint density at radius 2 is 1.95 bits per heavy atom. The van der Waals surface area contributed by atoms with Crippen LogP contribution in [0.4, 0.5) is 0 Å². The number of nitrogens with one attached hydrogen (secondary N) is 1. The second-order valence-corrected chi connectivity index (χ2v) is 6.59. The van der Waals surface area contributed by atoms with E-state index in [2.05, 4.69) is 19.2 Å². The summed E-state index contributed by atoms with van der Waals surface area (Å²) in [6.07, 6.45) is 6.51. The van der Waals surface area contributed by atoms with Crippen molar-refractivity contribution in [3.8, 4) is 0 Å². The Labute approximate surface area is 131 Å². The number of nitrogens with two attached hydrogens (primary N) is 1. The first-order valence-corrected chi connectivity index (χ1v) is 8.51. The zero-order valence-corrected chi connectivity index (χ0v) is 14.7. The lowest BCUT2D eigenvalue weighted by Crippen LogP contribution is -2.55. The molecule has 0 aliphatic rings. The lowest BCUT2D eigenvalue weighted by molar-refractivity contribution is -0.124. The third-order valence-corrected chi connectivity index (χ3v) is 4.01. The minimum Gasteiger partial charge on any atom is -0.381 e. The van der Waals surface area contributed by atoms with Crippen LogP contribution < -0.4 is 11.1 Å². The molecule has 2 unspecified atom stereocenters. The molecular weight excluding hydrogens is 264 g/mol. The maximum Gasteiger partial charge on any atom is 0.237 e. The molecule has 126 valence electrons. The standard InChI is InChI=1S/C17H36N2O2/c1-6-8-10-15(7-2)13-21-12-9-11-17(5,16(18)20)19-14(3)4/h14-15,19H,6-13H2,1-5H3,(H2,18,20). The van der Waals surface area contributed by atoms with Gasteiger partial charge in [-0.3, -0.25) is 4.79 Å². The van der Waals surface area contributed by atoms with Crippen molar-refractivity contribution in [2.45, 2.75) is 84.7 Å². The van der Waals surface area contributed by atoms with Gasteiger partial charge in [-0.25, -0.2) is 0 Å². The topological polar surface area (TPSA) is 64.3 Å². The van der Waals surface area contributed by atoms with Gasteiger partial charge in [0.1, 0.15) is 0 Å². The summed E-state index contributed by atoms with van der Waals surface area (Å²) in [4.78, 5) is 11.6. The molecule has 0 aromatic rings. The van der Waals surface area contributed by atoms with E-state index in [-0.39, 0.29) is 11.9 Å². The summed E-state index contributed by atoms with van der Waals surface area (Å²) >= 11 is 0. The summed E-state index contributed by atoms with van der Waals surface area (Å²) in [5, 5.41) is 3.26. The van der Waals surface area contributed by atoms with E-state index in [0.717, 1.165) is 13.0 Å². The highest BCUT2D eigenvalue weighted by Gasteiger charge is 2.30. The van der Waals surface area contributed by atoms with E-state index in [4.69, 9.17) is 10.5 Å². The zero-order valence-electron chi connectivity index (χ0n) is 14.7. The van der Waals surface area contributed by atoms with E-state index in [1.54, 1.807) is 0 Å². The van der Waals surface area contributed by atoms with Gasteiger partial charge in [0.15, 0.2) is 0 Å². The SMILES string of the molecule is CCCCC(CC)COCCCC(C)(NC(C)C)C(N)=O. The third kappa shape index (κ3) is 9.10. The maximum absolute atomic E-state index is 11.6. The minimum absolute atomic E-state index is 0.238. The minimum atomic E-state index is -0.635. The fraction of sp³-hybridized carbons (Fsp3) is 0.941. The molecule has 4 heteroatoms. The van der Waals surface area contributed by atoms with Crippen molar-refractivity contribution in [3.05, 3.63) is 0 Å². The number of hydrogen-bond acceptors (Lipinski definition) is 3. The van der Waals surface area contributed by atoms with Gasteiger partial charge in [-0.2, -0.15) is 0 Å². The zero-order chi connectivity index (χ0) is 16.3. The number of amides is 1. The number of hydrogen-bond donors (Lipinski definition) is 2. The van der Waals surface area contributed by atoms with Crippen LogP contribution in [0.15, 0.2) is 0 Å². The number of primary amides is 1. The summed E-state index contributed by atoms with van der Waals surface area (Å²) < 4.78 is 5.78. The molecule has 0 aliphatic heterocycles. The van der Waals surface area contributed by atoms with Gasteiger partial charge < -0.3 is 15.8 Å². The fourth-order valence-electron chi connectivity index (χ4n) is 2.58. The van der Waals surface area contributed by atoms with Crippen LogP contribution in [0.1, 0.15) is 73.1 Å². The van der Waals surface area contributed by atoms with Crippen molar-refractivity contribution in [2.24, 2.45) is 11.7 Å². The third-order valence-electron chi connectivity index (χ3n) is 4.01. The Morgan fingerprint density at radius 1 is 1.29 bits per heavy atom. The van der Waals surface area contributed by atoms with Gasteiger partial charge in [-0.15, -0.1) is 0 Å². The van der Waals surface area contributed by atoms with Crippen LogP contribution in [0.3, 0.4) is 0 Å². The van der Waals surface area contributed by atoms with E-state index in [9.17, 15) is 4.79 Å². The van der Waals surface area contributed by atoms with Crippen LogP contribution >= 0.6 is 0 Å². The monoisotopic (exact) mass is 300 g/mol. The Kier molecular flexibility index (Phi) is 10.7. The van der Waals surface area contributed by atoms with E-state index >= 15 is 0 Å². The molecule has 21 heavy (non-hydrogen) atoms. The van der Waals surface area contributed by atoms with E-state index in [1.807, 2.05) is 20.8 Å². The first-order chi connectivity index (χ1) is 9.85. The van der Waals surface area contributed by atoms with Crippen molar-refractivity contribution in [2.75, 3.05) is 13.2 Å². The molecule has 3 N–H and O–H groups in total. The molecule has 0 heterocycles. The number of carbonyl (C=O) groups excluding carboxylic acids is 1. The van der Waals surface area contributed by atoms with Crippen LogP contribution in [-0.2, 0) is 9.53 Å². The number of rotatable bonds is 13. The van der Waals surface area contributed by atoms with E-state index in [0.29, 0.717) is 18.9 Å². The van der Waals surface area contributed by atoms with Crippen LogP contribution in [0.25, 0.3) is 0 Å². The van der Waals surface area contributed by atoms with Gasteiger partial charge in [-0.05, 0) is 46.0 Å². The lowest BCUT2D eigenvalue weighted by Gasteiger charge is -2.30. The molecule has 4 nitrogen and oxygen atoms in total. The largest absolute Gasteiger partial charge is 0.381 e. The van der Waals surface area contributed by atoms with Crippen LogP contribution in [0, 0.1) is 5.92 Å². The molecule has 0 bridgehead atoms. The molecule has 0 radical (unpaired) electrons. The van der Waals surface area contributed by atoms with Crippen LogP contribution in [0.5, 0.6) is 0 Å². The molecule has 0 saturated heterocycles. The number of carbonyl (C=O) groups is 1. The van der Waals surface area contributed by atoms with Crippen molar-refractivity contribution in [1.29, 1.82) is 0 Å². The second kappa shape index (κ2) is 11.0. The highest BCUT2D eigenvalue weighted by Crippen LogP contribution is 2.15. The van der Waals surface area contributed by atoms with E-state index < -0.39 is 5.54 Å². The second-order valence-electron chi connectivity index (χ2n) is 6.59. The number of unbranched alkanes of at least 4 members (excludes halogenated alkanes) is 1. The molecule has 0 aromatic heterocycles. The van der Waals surface area contributed by atoms with Gasteiger partial charge in [0, 0.05) is 19.3 Å². The Morgan fingerprint density at radius 3 is 2.43 bits per heavy atom. The van der Waals surface area contributed by atoms with Gasteiger partial charge in [-0.1, -0.05) is 33.1 Å². The molecular formula is C17H36N2O2. The quantitative estimate of drug-likeness (QED) is 0.513. The average Bonchev–Trinajstić information content (AvgIpc) is 2.40. The maximum atomic E-state index is 11.6. The van der Waals surface area contributed by atoms with Gasteiger partial charge in [0.25, 0.3) is 0 Å². The van der Waals surface area contributed by atoms with Crippen molar-refractivity contribution in [1.82, 2.24) is 5.32 Å². The predicted octanol–water partition coefficient (Wildman–Crippen LogP) is 3.24. The fourth-order valence-corrected chi connectivity index (χ4v) is 2.58. The van der Waals surface area contributed by atoms with Gasteiger partial charge in [0.2, 0.25) is 5.91 Å². The van der Waals surface area contributed by atoms with Crippen molar-refractivity contribution >= 4 is 5.91 Å². The summed E-state index contributed by atoms with van der Waals surface area (Å²) in [6, 6.07) is 0.238. The summed E-state index contributed by atoms with van der Waals surface area (Å²) in [6.45, 7) is 11.9. The average molecular weight is 300 g/mol. The smallest absolute Gasteiger partial charge is 0.237 e. The molecule has 0 aromatic carbocycles. The van der Waals surface area contributed by atoms with E-state index in [1.165, 1.54) is 25.7 Å². The number of ether oxygens (including phenoxy) is 1. The molecule has 0 saturated carbocycles. The van der Waals surface area contributed by atoms with Crippen molar-refractivity contribution < 1.29 is 9.53 Å². The van der Waals surface area contributed by atoms with Crippen LogP contribution in [-0.4, -0.2) is 30.7 Å². The highest BCUT2D eigenvalue weighted by atomic mass is 16.5. The Hall–Kier alpha value is -0.610. The summed E-state index contributed by atoms with van der Waals surface area (Å²) in [7, 11) is 0. The Balaban J connectivity index is 3.97. The molecule has 1 amide bonds.